The van der Waals surface area contributed by atoms with Crippen molar-refractivity contribution in [2.45, 2.75) is 17.5 Å². The number of aromatic nitrogens is 1. The first-order valence-corrected chi connectivity index (χ1v) is 10.4. The predicted molar refractivity (Wildman–Crippen MR) is 103 cm³/mol. The van der Waals surface area contributed by atoms with Crippen molar-refractivity contribution in [1.29, 1.82) is 0 Å². The second kappa shape index (κ2) is 7.17. The van der Waals surface area contributed by atoms with Crippen LogP contribution in [0.15, 0.2) is 46.1 Å². The molecular formula is C19H15ClF2N2O4S. The van der Waals surface area contributed by atoms with Crippen molar-refractivity contribution < 1.29 is 21.9 Å². The lowest BCUT2D eigenvalue weighted by molar-refractivity contribution is 0.0626. The normalized spacial score (nSPS) is 16.9. The lowest BCUT2D eigenvalue weighted by atomic mass is 9.96. The highest BCUT2D eigenvalue weighted by Gasteiger charge is 2.35. The Morgan fingerprint density at radius 3 is 2.55 bits per heavy atom. The minimum atomic E-state index is -3.99. The van der Waals surface area contributed by atoms with Crippen molar-refractivity contribution in [3.05, 3.63) is 74.7 Å². The monoisotopic (exact) mass is 440 g/mol. The molecule has 0 saturated heterocycles. The van der Waals surface area contributed by atoms with Crippen LogP contribution in [-0.4, -0.2) is 31.4 Å². The molecule has 2 aromatic carbocycles. The Morgan fingerprint density at radius 2 is 1.86 bits per heavy atom. The molecule has 1 atom stereocenters. The van der Waals surface area contributed by atoms with Crippen LogP contribution >= 0.6 is 11.6 Å². The van der Waals surface area contributed by atoms with Gasteiger partial charge in [0.2, 0.25) is 10.0 Å². The first-order chi connectivity index (χ1) is 13.7. The molecule has 1 aromatic heterocycles. The Hall–Kier alpha value is -2.33. The van der Waals surface area contributed by atoms with E-state index < -0.39 is 33.3 Å². The number of nitrogens with zero attached hydrogens (tertiary/aromatic N) is 1. The van der Waals surface area contributed by atoms with Crippen molar-refractivity contribution in [1.82, 2.24) is 9.29 Å². The molecule has 0 radical (unpaired) electrons. The average Bonchev–Trinajstić information content (AvgIpc) is 2.68. The molecule has 29 heavy (non-hydrogen) atoms. The van der Waals surface area contributed by atoms with Crippen LogP contribution in [0.25, 0.3) is 10.8 Å². The van der Waals surface area contributed by atoms with Gasteiger partial charge in [-0.15, -0.1) is 0 Å². The second-order valence-corrected chi connectivity index (χ2v) is 9.10. The van der Waals surface area contributed by atoms with E-state index in [0.29, 0.717) is 11.3 Å². The fraction of sp³-hybridized carbons (Fsp3) is 0.211. The summed E-state index contributed by atoms with van der Waals surface area (Å²) >= 11 is 5.93. The van der Waals surface area contributed by atoms with Gasteiger partial charge in [-0.05, 0) is 35.7 Å². The van der Waals surface area contributed by atoms with Crippen molar-refractivity contribution in [2.75, 3.05) is 13.7 Å². The number of hydrogen-bond acceptors (Lipinski definition) is 4. The number of benzene rings is 2. The van der Waals surface area contributed by atoms with Gasteiger partial charge in [0, 0.05) is 23.3 Å². The standard InChI is InChI=1S/C19H15ClF2N2O4S/c1-24(29(26,27)11-4-2-3-10(20)5-11)17-9-28-8-16-18(17)12-6-14(21)15(22)7-13(12)19(25)23-16/h2-7,17H,8-9H2,1H3,(H,23,25). The van der Waals surface area contributed by atoms with Gasteiger partial charge in [0.1, 0.15) is 0 Å². The molecule has 3 aromatic rings. The van der Waals surface area contributed by atoms with Gasteiger partial charge < -0.3 is 9.72 Å². The number of sulfonamides is 1. The van der Waals surface area contributed by atoms with Gasteiger partial charge in [0.25, 0.3) is 5.56 Å². The zero-order valence-corrected chi connectivity index (χ0v) is 16.7. The maximum atomic E-state index is 14.0. The number of halogens is 3. The molecule has 0 spiro atoms. The number of ether oxygens (including phenoxy) is 1. The van der Waals surface area contributed by atoms with Crippen LogP contribution in [0.4, 0.5) is 8.78 Å². The van der Waals surface area contributed by atoms with E-state index >= 15 is 0 Å². The van der Waals surface area contributed by atoms with Crippen molar-refractivity contribution in [3.63, 3.8) is 0 Å². The van der Waals surface area contributed by atoms with Crippen molar-refractivity contribution in [2.24, 2.45) is 0 Å². The molecule has 1 unspecified atom stereocenters. The van der Waals surface area contributed by atoms with E-state index in [-0.39, 0.29) is 33.9 Å². The molecule has 0 fully saturated rings. The fourth-order valence-corrected chi connectivity index (χ4v) is 5.11. The largest absolute Gasteiger partial charge is 0.373 e. The molecule has 1 aliphatic rings. The summed E-state index contributed by atoms with van der Waals surface area (Å²) in [5.41, 5.74) is 0.0815. The summed E-state index contributed by atoms with van der Waals surface area (Å²) in [5, 5.41) is 0.333. The second-order valence-electron chi connectivity index (χ2n) is 6.67. The number of rotatable bonds is 3. The third kappa shape index (κ3) is 3.33. The number of aromatic amines is 1. The summed E-state index contributed by atoms with van der Waals surface area (Å²) in [6.45, 7) is -0.00943. The van der Waals surface area contributed by atoms with Crippen LogP contribution in [0.2, 0.25) is 5.02 Å². The van der Waals surface area contributed by atoms with E-state index in [4.69, 9.17) is 16.3 Å². The molecule has 4 rings (SSSR count). The van der Waals surface area contributed by atoms with E-state index in [2.05, 4.69) is 4.98 Å². The van der Waals surface area contributed by atoms with Gasteiger partial charge in [0.05, 0.1) is 29.5 Å². The summed E-state index contributed by atoms with van der Waals surface area (Å²) in [6, 6.07) is 6.64. The van der Waals surface area contributed by atoms with Gasteiger partial charge >= 0.3 is 0 Å². The van der Waals surface area contributed by atoms with E-state index in [1.165, 1.54) is 25.2 Å². The number of likely N-dealkylation sites (N-methyl/N-ethyl adjacent to an activating group) is 1. The van der Waals surface area contributed by atoms with Crippen molar-refractivity contribution in [3.8, 4) is 0 Å². The van der Waals surface area contributed by atoms with Gasteiger partial charge in [-0.25, -0.2) is 17.2 Å². The SMILES string of the molecule is CN(C1COCc2[nH]c(=O)c3cc(F)c(F)cc3c21)S(=O)(=O)c1cccc(Cl)c1. The Kier molecular flexibility index (Phi) is 4.94. The lowest BCUT2D eigenvalue weighted by Gasteiger charge is -2.33. The number of fused-ring (bicyclic) bond motifs is 3. The van der Waals surface area contributed by atoms with E-state index in [1.54, 1.807) is 6.07 Å². The van der Waals surface area contributed by atoms with Crippen LogP contribution in [-0.2, 0) is 21.4 Å². The highest BCUT2D eigenvalue weighted by Crippen LogP contribution is 2.36. The van der Waals surface area contributed by atoms with Gasteiger partial charge in [-0.1, -0.05) is 17.7 Å². The molecule has 2 heterocycles. The Balaban J connectivity index is 1.91. The quantitative estimate of drug-likeness (QED) is 0.677. The zero-order valence-electron chi connectivity index (χ0n) is 15.1. The summed E-state index contributed by atoms with van der Waals surface area (Å²) in [7, 11) is -2.63. The first-order valence-electron chi connectivity index (χ1n) is 8.55. The van der Waals surface area contributed by atoms with Crippen molar-refractivity contribution >= 4 is 32.4 Å². The van der Waals surface area contributed by atoms with Gasteiger partial charge in [0.15, 0.2) is 11.6 Å². The topological polar surface area (TPSA) is 79.5 Å². The number of hydrogen-bond donors (Lipinski definition) is 1. The predicted octanol–water partition coefficient (Wildman–Crippen LogP) is 3.35. The minimum absolute atomic E-state index is 0.0149. The summed E-state index contributed by atoms with van der Waals surface area (Å²) in [5.74, 6) is -2.29. The smallest absolute Gasteiger partial charge is 0.256 e. The highest BCUT2D eigenvalue weighted by molar-refractivity contribution is 7.89. The third-order valence-electron chi connectivity index (χ3n) is 4.95. The molecule has 1 N–H and O–H groups in total. The summed E-state index contributed by atoms with van der Waals surface area (Å²) in [4.78, 5) is 14.9. The molecular weight excluding hydrogens is 426 g/mol. The molecule has 0 aliphatic carbocycles. The number of nitrogens with one attached hydrogen (secondary N) is 1. The molecule has 10 heteroatoms. The fourth-order valence-electron chi connectivity index (χ4n) is 3.49. The van der Waals surface area contributed by atoms with E-state index in [9.17, 15) is 22.0 Å². The molecule has 0 bridgehead atoms. The summed E-state index contributed by atoms with van der Waals surface area (Å²) in [6.07, 6.45) is 0. The van der Waals surface area contributed by atoms with Crippen LogP contribution in [0.5, 0.6) is 0 Å². The Labute approximate surface area is 169 Å². The third-order valence-corrected chi connectivity index (χ3v) is 7.05. The van der Waals surface area contributed by atoms with Crippen LogP contribution < -0.4 is 5.56 Å². The Bertz CT molecular complexity index is 1290. The molecule has 152 valence electrons. The van der Waals surface area contributed by atoms with E-state index in [0.717, 1.165) is 16.4 Å². The maximum absolute atomic E-state index is 14.0. The van der Waals surface area contributed by atoms with E-state index in [1.807, 2.05) is 0 Å². The maximum Gasteiger partial charge on any atom is 0.256 e. The van der Waals surface area contributed by atoms with Crippen LogP contribution in [0.3, 0.4) is 0 Å². The first kappa shape index (κ1) is 20.0. The molecule has 1 aliphatic heterocycles. The molecule has 0 amide bonds. The van der Waals surface area contributed by atoms with Crippen LogP contribution in [0, 0.1) is 11.6 Å². The highest BCUT2D eigenvalue weighted by atomic mass is 35.5. The summed E-state index contributed by atoms with van der Waals surface area (Å²) < 4.78 is 60.4. The zero-order chi connectivity index (χ0) is 20.9. The van der Waals surface area contributed by atoms with Gasteiger partial charge in [-0.2, -0.15) is 4.31 Å². The molecule has 0 saturated carbocycles. The average molecular weight is 441 g/mol. The number of H-pyrrole nitrogens is 1. The number of pyridine rings is 1. The Morgan fingerprint density at radius 1 is 1.17 bits per heavy atom. The minimum Gasteiger partial charge on any atom is -0.373 e. The molecule has 6 nitrogen and oxygen atoms in total. The van der Waals surface area contributed by atoms with Gasteiger partial charge in [-0.3, -0.25) is 4.79 Å². The van der Waals surface area contributed by atoms with Crippen LogP contribution in [0.1, 0.15) is 17.3 Å². The lowest BCUT2D eigenvalue weighted by Crippen LogP contribution is -2.37.